The summed E-state index contributed by atoms with van der Waals surface area (Å²) < 4.78 is 6.05. The van der Waals surface area contributed by atoms with Crippen molar-refractivity contribution in [1.82, 2.24) is 19.8 Å². The number of nitrogens with two attached hydrogens (primary N) is 1. The van der Waals surface area contributed by atoms with Crippen LogP contribution in [0.5, 0.6) is 5.75 Å². The molecule has 1 aliphatic rings. The number of hydrogen-bond donors (Lipinski definition) is 4. The van der Waals surface area contributed by atoms with Gasteiger partial charge in [-0.1, -0.05) is 12.1 Å². The number of ether oxygens (including phenoxy) is 1. The van der Waals surface area contributed by atoms with Crippen LogP contribution in [0.15, 0.2) is 54.9 Å². The third-order valence-electron chi connectivity index (χ3n) is 7.26. The van der Waals surface area contributed by atoms with E-state index < -0.39 is 0 Å². The van der Waals surface area contributed by atoms with Crippen LogP contribution in [-0.4, -0.2) is 77.4 Å². The van der Waals surface area contributed by atoms with Crippen LogP contribution in [-0.2, 0) is 0 Å². The van der Waals surface area contributed by atoms with Gasteiger partial charge in [-0.25, -0.2) is 0 Å². The molecule has 5 N–H and O–H groups in total. The van der Waals surface area contributed by atoms with E-state index in [4.69, 9.17) is 15.6 Å². The van der Waals surface area contributed by atoms with Crippen LogP contribution in [0.25, 0.3) is 22.0 Å². The van der Waals surface area contributed by atoms with Gasteiger partial charge in [-0.2, -0.15) is 0 Å². The predicted molar refractivity (Wildman–Crippen MR) is 151 cm³/mol. The summed E-state index contributed by atoms with van der Waals surface area (Å²) in [5, 5.41) is 13.9. The van der Waals surface area contributed by atoms with Crippen molar-refractivity contribution in [2.45, 2.75) is 13.8 Å². The molecular weight excluding hydrogens is 464 g/mol. The summed E-state index contributed by atoms with van der Waals surface area (Å²) in [5.41, 5.74) is 14.1. The van der Waals surface area contributed by atoms with E-state index in [1.165, 1.54) is 5.39 Å². The van der Waals surface area contributed by atoms with Gasteiger partial charge in [0, 0.05) is 73.3 Å². The van der Waals surface area contributed by atoms with E-state index in [1.54, 1.807) is 6.20 Å². The monoisotopic (exact) mass is 500 g/mol. The molecular formula is C29H36N6O2. The number of nitrogens with one attached hydrogen (secondary N) is 2. The first kappa shape index (κ1) is 25.1. The Morgan fingerprint density at radius 1 is 1.00 bits per heavy atom. The molecule has 1 aliphatic heterocycles. The lowest BCUT2D eigenvalue weighted by Gasteiger charge is -2.34. The number of rotatable bonds is 9. The molecule has 8 heteroatoms. The van der Waals surface area contributed by atoms with Crippen molar-refractivity contribution >= 4 is 28.0 Å². The fourth-order valence-electron chi connectivity index (χ4n) is 5.05. The zero-order valence-corrected chi connectivity index (χ0v) is 21.6. The van der Waals surface area contributed by atoms with Crippen LogP contribution in [0, 0.1) is 13.8 Å². The van der Waals surface area contributed by atoms with E-state index in [0.717, 1.165) is 84.3 Å². The number of fused-ring (bicyclic) bond motifs is 1. The molecule has 1 fully saturated rings. The first-order valence-corrected chi connectivity index (χ1v) is 12.9. The van der Waals surface area contributed by atoms with Crippen LogP contribution < -0.4 is 15.8 Å². The van der Waals surface area contributed by atoms with Crippen molar-refractivity contribution in [3.05, 3.63) is 66.1 Å². The number of benzene rings is 2. The summed E-state index contributed by atoms with van der Waals surface area (Å²) >= 11 is 0. The molecule has 194 valence electrons. The molecule has 0 saturated carbocycles. The molecule has 0 spiro atoms. The van der Waals surface area contributed by atoms with Crippen molar-refractivity contribution < 1.29 is 9.84 Å². The number of β-amino-alcohol motifs (C(OH)–C–C–N with tert-alkyl or cyclic N) is 1. The third-order valence-corrected chi connectivity index (χ3v) is 7.26. The number of nitrogen functional groups attached to an aromatic ring is 1. The van der Waals surface area contributed by atoms with E-state index in [9.17, 15) is 0 Å². The summed E-state index contributed by atoms with van der Waals surface area (Å²) in [6.07, 6.45) is 3.67. The summed E-state index contributed by atoms with van der Waals surface area (Å²) in [7, 11) is 0. The van der Waals surface area contributed by atoms with Crippen molar-refractivity contribution in [3.8, 4) is 16.9 Å². The van der Waals surface area contributed by atoms with E-state index in [-0.39, 0.29) is 6.61 Å². The third kappa shape index (κ3) is 5.56. The second-order valence-corrected chi connectivity index (χ2v) is 9.63. The molecule has 5 rings (SSSR count). The topological polar surface area (TPSA) is 103 Å². The number of nitrogens with zero attached hydrogens (tertiary/aromatic N) is 3. The first-order valence-electron chi connectivity index (χ1n) is 12.9. The minimum absolute atomic E-state index is 0.227. The minimum Gasteiger partial charge on any atom is -0.492 e. The molecule has 0 bridgehead atoms. The molecule has 1 saturated heterocycles. The Balaban J connectivity index is 1.28. The first-order chi connectivity index (χ1) is 18.0. The van der Waals surface area contributed by atoms with Crippen molar-refractivity contribution in [2.24, 2.45) is 0 Å². The second kappa shape index (κ2) is 11.2. The lowest BCUT2D eigenvalue weighted by Crippen LogP contribution is -2.48. The largest absolute Gasteiger partial charge is 0.492 e. The molecule has 0 aliphatic carbocycles. The number of aryl methyl sites for hydroxylation is 2. The number of hydrogen-bond acceptors (Lipinski definition) is 7. The molecule has 2 aromatic carbocycles. The number of H-pyrrole nitrogens is 1. The summed E-state index contributed by atoms with van der Waals surface area (Å²) in [5.74, 6) is 0.848. The van der Waals surface area contributed by atoms with Gasteiger partial charge in [-0.3, -0.25) is 14.8 Å². The van der Waals surface area contributed by atoms with E-state index in [1.807, 2.05) is 25.3 Å². The zero-order chi connectivity index (χ0) is 25.8. The van der Waals surface area contributed by atoms with Gasteiger partial charge in [0.15, 0.2) is 0 Å². The Labute approximate surface area is 218 Å². The molecule has 2 aromatic heterocycles. The number of pyridine rings is 1. The van der Waals surface area contributed by atoms with Crippen LogP contribution in [0.2, 0.25) is 0 Å². The SMILES string of the molecule is Cc1ncc(N)c(Nc2ccc3[nH]ccc3c2C)c1-c1ccc(OCCN2CCN(CCO)CC2)cc1. The highest BCUT2D eigenvalue weighted by molar-refractivity contribution is 5.94. The zero-order valence-electron chi connectivity index (χ0n) is 21.6. The van der Waals surface area contributed by atoms with Gasteiger partial charge in [0.05, 0.1) is 24.2 Å². The highest BCUT2D eigenvalue weighted by Gasteiger charge is 2.17. The van der Waals surface area contributed by atoms with Gasteiger partial charge in [0.25, 0.3) is 0 Å². The minimum atomic E-state index is 0.227. The number of aromatic amines is 1. The lowest BCUT2D eigenvalue weighted by molar-refractivity contribution is 0.102. The average molecular weight is 501 g/mol. The number of aliphatic hydroxyl groups is 1. The number of aromatic nitrogens is 2. The Morgan fingerprint density at radius 3 is 2.46 bits per heavy atom. The fraction of sp³-hybridized carbons (Fsp3) is 0.345. The summed E-state index contributed by atoms with van der Waals surface area (Å²) in [6.45, 7) is 10.7. The second-order valence-electron chi connectivity index (χ2n) is 9.63. The molecule has 0 radical (unpaired) electrons. The van der Waals surface area contributed by atoms with Crippen molar-refractivity contribution in [2.75, 3.05) is 63.5 Å². The van der Waals surface area contributed by atoms with Gasteiger partial charge in [0.1, 0.15) is 12.4 Å². The highest BCUT2D eigenvalue weighted by Crippen LogP contribution is 2.38. The molecule has 0 amide bonds. The Bertz CT molecular complexity index is 1340. The van der Waals surface area contributed by atoms with E-state index in [0.29, 0.717) is 12.3 Å². The van der Waals surface area contributed by atoms with Crippen LogP contribution in [0.3, 0.4) is 0 Å². The summed E-state index contributed by atoms with van der Waals surface area (Å²) in [6, 6.07) is 14.4. The Kier molecular flexibility index (Phi) is 7.60. The molecule has 0 unspecified atom stereocenters. The van der Waals surface area contributed by atoms with Crippen molar-refractivity contribution in [1.29, 1.82) is 0 Å². The quantitative estimate of drug-likeness (QED) is 0.274. The standard InChI is InChI=1S/C29H36N6O2/c1-20-24-9-10-31-27(24)8-7-26(20)33-29-25(30)19-32-21(2)28(29)22-3-5-23(6-4-22)37-18-16-35-13-11-34(12-14-35)15-17-36/h3-10,19,31,36H,11-18,30H2,1-2H3,(H,32,33). The lowest BCUT2D eigenvalue weighted by atomic mass is 10.0. The number of anilines is 3. The Morgan fingerprint density at radius 2 is 1.73 bits per heavy atom. The van der Waals surface area contributed by atoms with E-state index in [2.05, 4.69) is 62.3 Å². The maximum absolute atomic E-state index is 9.10. The Hall–Kier alpha value is -3.59. The van der Waals surface area contributed by atoms with Gasteiger partial charge < -0.3 is 25.9 Å². The van der Waals surface area contributed by atoms with Gasteiger partial charge in [-0.15, -0.1) is 0 Å². The predicted octanol–water partition coefficient (Wildman–Crippen LogP) is 4.16. The average Bonchev–Trinajstić information content (AvgIpc) is 3.39. The molecule has 3 heterocycles. The van der Waals surface area contributed by atoms with Gasteiger partial charge >= 0.3 is 0 Å². The van der Waals surface area contributed by atoms with Gasteiger partial charge in [0.2, 0.25) is 0 Å². The smallest absolute Gasteiger partial charge is 0.119 e. The van der Waals surface area contributed by atoms with Crippen LogP contribution >= 0.6 is 0 Å². The molecule has 37 heavy (non-hydrogen) atoms. The van der Waals surface area contributed by atoms with Crippen LogP contribution in [0.4, 0.5) is 17.1 Å². The molecule has 0 atom stereocenters. The number of aliphatic hydroxyl groups excluding tert-OH is 1. The highest BCUT2D eigenvalue weighted by atomic mass is 16.5. The number of piperazine rings is 1. The van der Waals surface area contributed by atoms with Crippen LogP contribution in [0.1, 0.15) is 11.3 Å². The maximum atomic E-state index is 9.10. The van der Waals surface area contributed by atoms with E-state index >= 15 is 0 Å². The maximum Gasteiger partial charge on any atom is 0.119 e. The summed E-state index contributed by atoms with van der Waals surface area (Å²) in [4.78, 5) is 12.5. The fourth-order valence-corrected chi connectivity index (χ4v) is 5.05. The van der Waals surface area contributed by atoms with Gasteiger partial charge in [-0.05, 0) is 55.3 Å². The molecule has 4 aromatic rings. The molecule has 8 nitrogen and oxygen atoms in total. The van der Waals surface area contributed by atoms with Crippen molar-refractivity contribution in [3.63, 3.8) is 0 Å². The normalized spacial score (nSPS) is 14.8.